The maximum atomic E-state index is 5.63. The van der Waals surface area contributed by atoms with Crippen LogP contribution in [0.2, 0.25) is 0 Å². The Balaban J connectivity index is 0.000000185. The minimum absolute atomic E-state index is 0.872. The quantitative estimate of drug-likeness (QED) is 0.134. The maximum absolute atomic E-state index is 5.63. The molecule has 3 nitrogen and oxygen atoms in total. The summed E-state index contributed by atoms with van der Waals surface area (Å²) < 4.78 is 15.8. The van der Waals surface area contributed by atoms with Gasteiger partial charge in [0.15, 0.2) is 0 Å². The van der Waals surface area contributed by atoms with Crippen LogP contribution in [0.1, 0.15) is 45.9 Å². The maximum Gasteiger partial charge on any atom is 0.127 e. The third kappa shape index (κ3) is 22.4. The Labute approximate surface area is 433 Å². The van der Waals surface area contributed by atoms with Crippen molar-refractivity contribution in [3.8, 4) is 23.0 Å². The van der Waals surface area contributed by atoms with Gasteiger partial charge in [-0.1, -0.05) is 173 Å². The molecule has 0 bridgehead atoms. The van der Waals surface area contributed by atoms with E-state index < -0.39 is 0 Å². The molecule has 0 N–H and O–H groups in total. The molecule has 0 radical (unpaired) electrons. The van der Waals surface area contributed by atoms with Crippen LogP contribution >= 0.6 is 35.3 Å². The summed E-state index contributed by atoms with van der Waals surface area (Å²) >= 11 is 5.47. The molecule has 9 aromatic rings. The molecule has 0 aliphatic heterocycles. The van der Waals surface area contributed by atoms with Gasteiger partial charge in [-0.3, -0.25) is 0 Å². The van der Waals surface area contributed by atoms with Gasteiger partial charge in [-0.05, 0) is 168 Å². The summed E-state index contributed by atoms with van der Waals surface area (Å²) in [6.07, 6.45) is 2.09. The van der Waals surface area contributed by atoms with Crippen LogP contribution in [-0.2, 0) is 0 Å². The first-order valence-corrected chi connectivity index (χ1v) is 26.4. The molecular weight excluding hydrogens is 913 g/mol. The van der Waals surface area contributed by atoms with Gasteiger partial charge in [0.1, 0.15) is 23.0 Å². The number of benzene rings is 9. The van der Waals surface area contributed by atoms with Gasteiger partial charge in [0.25, 0.3) is 0 Å². The van der Waals surface area contributed by atoms with Crippen molar-refractivity contribution < 1.29 is 14.2 Å². The van der Waals surface area contributed by atoms with E-state index in [1.165, 1.54) is 69.3 Å². The second-order valence-electron chi connectivity index (χ2n) is 16.5. The fraction of sp³-hybridized carbons (Fsp3) is 0.188. The van der Waals surface area contributed by atoms with Crippen LogP contribution in [-0.4, -0.2) is 26.2 Å². The van der Waals surface area contributed by atoms with Crippen molar-refractivity contribution in [2.75, 3.05) is 26.2 Å². The van der Waals surface area contributed by atoms with Crippen molar-refractivity contribution in [3.63, 3.8) is 0 Å². The highest BCUT2D eigenvalue weighted by Gasteiger charge is 1.98. The molecular formula is C64H70O3S3. The lowest BCUT2D eigenvalue weighted by molar-refractivity contribution is 0.414. The average molecular weight is 983 g/mol. The zero-order chi connectivity index (χ0) is 50.5. The third-order valence-electron chi connectivity index (χ3n) is 10.3. The Kier molecular flexibility index (Phi) is 25.5. The highest BCUT2D eigenvalue weighted by molar-refractivity contribution is 7.99. The largest absolute Gasteiger partial charge is 0.497 e. The predicted molar refractivity (Wildman–Crippen MR) is 308 cm³/mol. The van der Waals surface area contributed by atoms with E-state index in [0.29, 0.717) is 0 Å². The van der Waals surface area contributed by atoms with Crippen LogP contribution in [0.5, 0.6) is 23.0 Å². The van der Waals surface area contributed by atoms with Crippen molar-refractivity contribution in [2.45, 2.75) is 75.0 Å². The van der Waals surface area contributed by atoms with Crippen molar-refractivity contribution >= 4 is 46.1 Å². The minimum Gasteiger partial charge on any atom is -0.497 e. The second-order valence-corrected chi connectivity index (χ2v) is 19.8. The van der Waals surface area contributed by atoms with E-state index in [2.05, 4.69) is 189 Å². The Hall–Kier alpha value is -6.31. The van der Waals surface area contributed by atoms with E-state index in [-0.39, 0.29) is 0 Å². The number of hydrogen-bond acceptors (Lipinski definition) is 6. The zero-order valence-corrected chi connectivity index (χ0v) is 45.3. The number of aryl methyl sites for hydroxylation is 7. The molecule has 0 heterocycles. The molecule has 0 spiro atoms. The highest BCUT2D eigenvalue weighted by Crippen LogP contribution is 2.28. The first-order valence-electron chi connectivity index (χ1n) is 23.4. The monoisotopic (exact) mass is 982 g/mol. The highest BCUT2D eigenvalue weighted by atomic mass is 32.2. The molecule has 362 valence electrons. The van der Waals surface area contributed by atoms with Gasteiger partial charge in [-0.25, -0.2) is 0 Å². The summed E-state index contributed by atoms with van der Waals surface area (Å²) in [4.78, 5) is 5.29. The average Bonchev–Trinajstić information content (AvgIpc) is 3.38. The summed E-state index contributed by atoms with van der Waals surface area (Å²) in [6, 6.07) is 72.7. The Morgan fingerprint density at radius 2 is 0.671 bits per heavy atom. The normalized spacial score (nSPS) is 9.87. The molecule has 0 amide bonds. The van der Waals surface area contributed by atoms with Crippen molar-refractivity contribution in [1.82, 2.24) is 0 Å². The van der Waals surface area contributed by atoms with Gasteiger partial charge in [0, 0.05) is 19.6 Å². The molecule has 0 aliphatic carbocycles. The van der Waals surface area contributed by atoms with E-state index >= 15 is 0 Å². The van der Waals surface area contributed by atoms with E-state index in [9.17, 15) is 0 Å². The first kappa shape index (κ1) is 56.3. The van der Waals surface area contributed by atoms with Gasteiger partial charge < -0.3 is 14.2 Å². The van der Waals surface area contributed by atoms with E-state index in [0.717, 1.165) is 28.8 Å². The number of methoxy groups -OCH3 is 2. The van der Waals surface area contributed by atoms with Gasteiger partial charge in [-0.2, -0.15) is 0 Å². The fourth-order valence-corrected chi connectivity index (χ4v) is 8.09. The number of hydrogen-bond donors (Lipinski definition) is 0. The summed E-state index contributed by atoms with van der Waals surface area (Å²) in [6.45, 7) is 16.8. The standard InChI is InChI=1S/C14H14S.C13H12O.C12H12O.C9H12S.C8H10O.C8H10S/c1-11-3-7-13(8-4-11)15-14-9-5-12(2)6-10-14;1-11-7-9-13(10-8-11)14-12-5-3-2-4-6-12;1-9-3-4-11-8-12(13-2)6-5-10(11)7-9;1-3-10-9-6-4-8(2)5-7-9;2*1-7-3-5-8(9-2)6-4-7/h3-10H,1-2H3;2-10H,1H3;3-8H,1-2H3;4-7H,3H2,1-2H3;2*3-6H,1-2H3. The van der Waals surface area contributed by atoms with Gasteiger partial charge in [0.2, 0.25) is 0 Å². The van der Waals surface area contributed by atoms with Crippen LogP contribution < -0.4 is 14.2 Å². The van der Waals surface area contributed by atoms with E-state index in [1.807, 2.05) is 96.7 Å². The molecule has 0 aromatic heterocycles. The topological polar surface area (TPSA) is 27.7 Å². The molecule has 0 saturated carbocycles. The van der Waals surface area contributed by atoms with Gasteiger partial charge in [0.05, 0.1) is 14.2 Å². The summed E-state index contributed by atoms with van der Waals surface area (Å²) in [5.41, 5.74) is 9.07. The summed E-state index contributed by atoms with van der Waals surface area (Å²) in [7, 11) is 3.36. The molecule has 9 aromatic carbocycles. The number of fused-ring (bicyclic) bond motifs is 1. The summed E-state index contributed by atoms with van der Waals surface area (Å²) in [5, 5.41) is 2.49. The van der Waals surface area contributed by atoms with Gasteiger partial charge >= 0.3 is 0 Å². The number of thioether (sulfide) groups is 2. The van der Waals surface area contributed by atoms with Crippen LogP contribution in [0.25, 0.3) is 10.8 Å². The van der Waals surface area contributed by atoms with Crippen LogP contribution in [0.3, 0.4) is 0 Å². The van der Waals surface area contributed by atoms with Crippen molar-refractivity contribution in [3.05, 3.63) is 251 Å². The molecule has 6 heteroatoms. The fourth-order valence-electron chi connectivity index (χ4n) is 6.20. The van der Waals surface area contributed by atoms with Crippen LogP contribution in [0, 0.1) is 48.5 Å². The number of ether oxygens (including phenoxy) is 3. The Morgan fingerprint density at radius 3 is 1.10 bits per heavy atom. The molecule has 0 unspecified atom stereocenters. The van der Waals surface area contributed by atoms with E-state index in [1.54, 1.807) is 37.7 Å². The van der Waals surface area contributed by atoms with Crippen molar-refractivity contribution in [2.24, 2.45) is 0 Å². The SMILES string of the molecule is CCSc1ccc(C)cc1.COc1ccc(C)cc1.COc1ccc2cc(C)ccc2c1.CSc1ccc(C)cc1.Cc1ccc(Oc2ccccc2)cc1.Cc1ccc(Sc2ccc(C)cc2)cc1. The lowest BCUT2D eigenvalue weighted by Crippen LogP contribution is -1.82. The molecule has 9 rings (SSSR count). The lowest BCUT2D eigenvalue weighted by Gasteiger charge is -2.04. The zero-order valence-electron chi connectivity index (χ0n) is 42.9. The second kappa shape index (κ2) is 31.7. The summed E-state index contributed by atoms with van der Waals surface area (Å²) in [5.74, 6) is 4.73. The first-order chi connectivity index (χ1) is 33.8. The molecule has 0 atom stereocenters. The van der Waals surface area contributed by atoms with E-state index in [4.69, 9.17) is 14.2 Å². The molecule has 0 aliphatic rings. The van der Waals surface area contributed by atoms with Crippen LogP contribution in [0.15, 0.2) is 232 Å². The number of rotatable bonds is 9. The Bertz CT molecular complexity index is 2700. The number of para-hydroxylation sites is 1. The van der Waals surface area contributed by atoms with Crippen LogP contribution in [0.4, 0.5) is 0 Å². The minimum atomic E-state index is 0.872. The van der Waals surface area contributed by atoms with Gasteiger partial charge in [-0.15, -0.1) is 23.5 Å². The molecule has 0 fully saturated rings. The smallest absolute Gasteiger partial charge is 0.127 e. The Morgan fingerprint density at radius 1 is 0.329 bits per heavy atom. The lowest BCUT2D eigenvalue weighted by atomic mass is 10.1. The predicted octanol–water partition coefficient (Wildman–Crippen LogP) is 19.2. The molecule has 0 saturated heterocycles. The molecule has 70 heavy (non-hydrogen) atoms. The third-order valence-corrected chi connectivity index (χ3v) is 13.0. The van der Waals surface area contributed by atoms with Crippen molar-refractivity contribution in [1.29, 1.82) is 0 Å².